The Morgan fingerprint density at radius 1 is 1.17 bits per heavy atom. The van der Waals surface area contributed by atoms with Crippen LogP contribution in [0.25, 0.3) is 5.82 Å². The van der Waals surface area contributed by atoms with E-state index in [1.54, 1.807) is 31.3 Å². The van der Waals surface area contributed by atoms with Crippen LogP contribution in [0.4, 0.5) is 11.5 Å². The first-order valence-corrected chi connectivity index (χ1v) is 8.85. The molecular formula is C20H17N5O4. The third-order valence-corrected chi connectivity index (χ3v) is 4.88. The molecule has 0 spiro atoms. The highest BCUT2D eigenvalue weighted by molar-refractivity contribution is 6.23. The predicted molar refractivity (Wildman–Crippen MR) is 104 cm³/mol. The van der Waals surface area contributed by atoms with Gasteiger partial charge in [0.15, 0.2) is 5.82 Å². The molecular weight excluding hydrogens is 374 g/mol. The minimum atomic E-state index is -1.08. The summed E-state index contributed by atoms with van der Waals surface area (Å²) in [5.74, 6) is -1.88. The molecule has 29 heavy (non-hydrogen) atoms. The number of aryl methyl sites for hydroxylation is 1. The van der Waals surface area contributed by atoms with Crippen molar-refractivity contribution in [1.29, 1.82) is 0 Å². The van der Waals surface area contributed by atoms with Crippen molar-refractivity contribution in [1.82, 2.24) is 14.8 Å². The lowest BCUT2D eigenvalue weighted by atomic mass is 9.97. The average Bonchev–Trinajstić information content (AvgIpc) is 3.17. The summed E-state index contributed by atoms with van der Waals surface area (Å²) in [6, 6.07) is 10.9. The molecule has 0 unspecified atom stereocenters. The largest absolute Gasteiger partial charge is 0.478 e. The van der Waals surface area contributed by atoms with E-state index in [1.807, 2.05) is 0 Å². The summed E-state index contributed by atoms with van der Waals surface area (Å²) >= 11 is 0. The van der Waals surface area contributed by atoms with Crippen molar-refractivity contribution >= 4 is 29.3 Å². The highest BCUT2D eigenvalue weighted by atomic mass is 16.4. The Morgan fingerprint density at radius 2 is 1.90 bits per heavy atom. The summed E-state index contributed by atoms with van der Waals surface area (Å²) in [5, 5.41) is 13.4. The van der Waals surface area contributed by atoms with E-state index in [0.717, 1.165) is 4.90 Å². The second-order valence-electron chi connectivity index (χ2n) is 6.66. The number of pyridine rings is 1. The Bertz CT molecular complexity index is 1120. The molecule has 0 aliphatic carbocycles. The van der Waals surface area contributed by atoms with Crippen LogP contribution in [-0.2, 0) is 9.59 Å². The maximum absolute atomic E-state index is 13.1. The number of nitrogens with two attached hydrogens (primary N) is 1. The van der Waals surface area contributed by atoms with Crippen LogP contribution in [0, 0.1) is 6.92 Å². The summed E-state index contributed by atoms with van der Waals surface area (Å²) in [6.07, 6.45) is 1.57. The van der Waals surface area contributed by atoms with Crippen LogP contribution in [0.15, 0.2) is 48.7 Å². The van der Waals surface area contributed by atoms with Crippen LogP contribution in [0.2, 0.25) is 0 Å². The SMILES string of the molecule is Cc1nn(-c2ccccn2)c(N)c1[C@H]1CC(=O)N(c2ccc(C(=O)O)cc2)C1=O. The smallest absolute Gasteiger partial charge is 0.335 e. The number of anilines is 2. The minimum absolute atomic E-state index is 0.0432. The van der Waals surface area contributed by atoms with Crippen molar-refractivity contribution in [3.63, 3.8) is 0 Å². The van der Waals surface area contributed by atoms with E-state index in [1.165, 1.54) is 28.9 Å². The highest BCUT2D eigenvalue weighted by Crippen LogP contribution is 2.37. The van der Waals surface area contributed by atoms with E-state index in [2.05, 4.69) is 10.1 Å². The van der Waals surface area contributed by atoms with Gasteiger partial charge < -0.3 is 10.8 Å². The Labute approximate surface area is 165 Å². The topological polar surface area (TPSA) is 131 Å². The Balaban J connectivity index is 1.69. The van der Waals surface area contributed by atoms with Crippen LogP contribution in [0.1, 0.15) is 34.0 Å². The molecule has 1 atom stereocenters. The number of aromatic carboxylic acids is 1. The van der Waals surface area contributed by atoms with E-state index in [4.69, 9.17) is 10.8 Å². The summed E-state index contributed by atoms with van der Waals surface area (Å²) < 4.78 is 1.45. The molecule has 2 aromatic heterocycles. The zero-order chi connectivity index (χ0) is 20.7. The van der Waals surface area contributed by atoms with Gasteiger partial charge >= 0.3 is 5.97 Å². The fraction of sp³-hybridized carbons (Fsp3) is 0.150. The lowest BCUT2D eigenvalue weighted by Crippen LogP contribution is -2.30. The summed E-state index contributed by atoms with van der Waals surface area (Å²) in [5.41, 5.74) is 7.71. The lowest BCUT2D eigenvalue weighted by Gasteiger charge is -2.15. The zero-order valence-corrected chi connectivity index (χ0v) is 15.4. The monoisotopic (exact) mass is 391 g/mol. The molecule has 0 radical (unpaired) electrons. The molecule has 9 nitrogen and oxygen atoms in total. The second-order valence-corrected chi connectivity index (χ2v) is 6.66. The first-order chi connectivity index (χ1) is 13.9. The number of carboxylic acid groups (broad SMARTS) is 1. The average molecular weight is 391 g/mol. The zero-order valence-electron chi connectivity index (χ0n) is 15.4. The third kappa shape index (κ3) is 3.02. The number of nitrogen functional groups attached to an aromatic ring is 1. The first kappa shape index (κ1) is 18.4. The molecule has 2 amide bonds. The van der Waals surface area contributed by atoms with Gasteiger partial charge in [-0.2, -0.15) is 9.78 Å². The number of aromatic nitrogens is 3. The van der Waals surface area contributed by atoms with Crippen LogP contribution in [0.3, 0.4) is 0 Å². The quantitative estimate of drug-likeness (QED) is 0.649. The Hall–Kier alpha value is -4.01. The summed E-state index contributed by atoms with van der Waals surface area (Å²) in [4.78, 5) is 42.0. The number of carboxylic acids is 1. The van der Waals surface area contributed by atoms with E-state index < -0.39 is 17.8 Å². The number of hydrogen-bond acceptors (Lipinski definition) is 6. The van der Waals surface area contributed by atoms with Crippen molar-refractivity contribution < 1.29 is 19.5 Å². The van der Waals surface area contributed by atoms with Crippen LogP contribution in [-0.4, -0.2) is 37.7 Å². The molecule has 1 aromatic carbocycles. The van der Waals surface area contributed by atoms with Gasteiger partial charge in [0.05, 0.1) is 22.9 Å². The van der Waals surface area contributed by atoms with Crippen LogP contribution in [0.5, 0.6) is 0 Å². The van der Waals surface area contributed by atoms with Gasteiger partial charge in [0.1, 0.15) is 5.82 Å². The van der Waals surface area contributed by atoms with Crippen molar-refractivity contribution in [3.05, 3.63) is 65.5 Å². The summed E-state index contributed by atoms with van der Waals surface area (Å²) in [6.45, 7) is 1.73. The molecule has 1 aliphatic heterocycles. The van der Waals surface area contributed by atoms with E-state index in [-0.39, 0.29) is 23.7 Å². The molecule has 0 saturated carbocycles. The molecule has 3 N–H and O–H groups in total. The highest BCUT2D eigenvalue weighted by Gasteiger charge is 2.43. The van der Waals surface area contributed by atoms with E-state index in [0.29, 0.717) is 22.8 Å². The van der Waals surface area contributed by atoms with Crippen molar-refractivity contribution in [2.24, 2.45) is 0 Å². The van der Waals surface area contributed by atoms with Crippen molar-refractivity contribution in [2.75, 3.05) is 10.6 Å². The van der Waals surface area contributed by atoms with Gasteiger partial charge in [-0.15, -0.1) is 0 Å². The van der Waals surface area contributed by atoms with E-state index in [9.17, 15) is 14.4 Å². The van der Waals surface area contributed by atoms with Gasteiger partial charge in [-0.3, -0.25) is 14.5 Å². The maximum Gasteiger partial charge on any atom is 0.335 e. The predicted octanol–water partition coefficient (Wildman–Crippen LogP) is 1.90. The van der Waals surface area contributed by atoms with Gasteiger partial charge in [-0.25, -0.2) is 9.78 Å². The molecule has 1 fully saturated rings. The van der Waals surface area contributed by atoms with Gasteiger partial charge in [0.2, 0.25) is 11.8 Å². The molecule has 1 aliphatic rings. The molecule has 1 saturated heterocycles. The van der Waals surface area contributed by atoms with Gasteiger partial charge in [0, 0.05) is 18.2 Å². The van der Waals surface area contributed by atoms with Gasteiger partial charge in [-0.1, -0.05) is 6.07 Å². The number of carbonyl (C=O) groups is 3. The van der Waals surface area contributed by atoms with Crippen LogP contribution < -0.4 is 10.6 Å². The van der Waals surface area contributed by atoms with E-state index >= 15 is 0 Å². The lowest BCUT2D eigenvalue weighted by molar-refractivity contribution is -0.121. The number of hydrogen-bond donors (Lipinski definition) is 2. The molecule has 4 rings (SSSR count). The summed E-state index contributed by atoms with van der Waals surface area (Å²) in [7, 11) is 0. The Kier molecular flexibility index (Phi) is 4.34. The number of rotatable bonds is 4. The number of nitrogens with zero attached hydrogens (tertiary/aromatic N) is 4. The van der Waals surface area contributed by atoms with Gasteiger partial charge in [-0.05, 0) is 43.3 Å². The minimum Gasteiger partial charge on any atom is -0.478 e. The normalized spacial score (nSPS) is 16.4. The number of imide groups is 1. The maximum atomic E-state index is 13.1. The van der Waals surface area contributed by atoms with Crippen LogP contribution >= 0.6 is 0 Å². The fourth-order valence-corrected chi connectivity index (χ4v) is 3.52. The molecule has 0 bridgehead atoms. The molecule has 146 valence electrons. The van der Waals surface area contributed by atoms with Crippen molar-refractivity contribution in [2.45, 2.75) is 19.3 Å². The number of benzene rings is 1. The fourth-order valence-electron chi connectivity index (χ4n) is 3.52. The van der Waals surface area contributed by atoms with Gasteiger partial charge in [0.25, 0.3) is 0 Å². The standard InChI is InChI=1S/C20H17N5O4/c1-11-17(18(21)25(23-11)15-4-2-3-9-22-15)14-10-16(26)24(19(14)27)13-7-5-12(6-8-13)20(28)29/h2-9,14H,10,21H2,1H3,(H,28,29)/t14-/m1/s1. The second kappa shape index (κ2) is 6.86. The first-order valence-electron chi connectivity index (χ1n) is 8.85. The Morgan fingerprint density at radius 3 is 2.52 bits per heavy atom. The molecule has 9 heteroatoms. The molecule has 3 aromatic rings. The third-order valence-electron chi connectivity index (χ3n) is 4.88. The van der Waals surface area contributed by atoms with Crippen molar-refractivity contribution in [3.8, 4) is 5.82 Å². The molecule has 3 heterocycles. The number of amides is 2. The number of carbonyl (C=O) groups excluding carboxylic acids is 2.